The summed E-state index contributed by atoms with van der Waals surface area (Å²) in [5.74, 6) is -1.64. The highest BCUT2D eigenvalue weighted by Gasteiger charge is 2.28. The van der Waals surface area contributed by atoms with Gasteiger partial charge in [-0.2, -0.15) is 11.8 Å². The van der Waals surface area contributed by atoms with Crippen LogP contribution in [0.15, 0.2) is 35.5 Å². The number of nitrogens with one attached hydrogen (secondary N) is 3. The zero-order valence-corrected chi connectivity index (χ0v) is 19.9. The molecule has 12 heteroatoms. The number of rotatable bonds is 14. The van der Waals surface area contributed by atoms with E-state index in [2.05, 4.69) is 20.6 Å². The number of para-hydroxylation sites is 1. The Bertz CT molecular complexity index is 1010. The summed E-state index contributed by atoms with van der Waals surface area (Å²) in [6.45, 7) is 0.262. The van der Waals surface area contributed by atoms with E-state index in [9.17, 15) is 19.5 Å². The molecule has 11 nitrogen and oxygen atoms in total. The molecule has 0 aliphatic rings. The number of carbonyl (C=O) groups is 3. The zero-order chi connectivity index (χ0) is 25.1. The summed E-state index contributed by atoms with van der Waals surface area (Å²) >= 11 is 1.56. The Hall–Kier alpha value is -3.25. The van der Waals surface area contributed by atoms with Crippen LogP contribution in [0, 0.1) is 0 Å². The number of guanidine groups is 1. The second kappa shape index (κ2) is 13.5. The van der Waals surface area contributed by atoms with E-state index in [-0.39, 0.29) is 25.3 Å². The van der Waals surface area contributed by atoms with Gasteiger partial charge in [0, 0.05) is 30.1 Å². The van der Waals surface area contributed by atoms with Gasteiger partial charge in [0.1, 0.15) is 12.1 Å². The number of aromatic amines is 1. The summed E-state index contributed by atoms with van der Waals surface area (Å²) in [5, 5.41) is 15.8. The molecule has 10 N–H and O–H groups in total. The van der Waals surface area contributed by atoms with Gasteiger partial charge in [0.15, 0.2) is 5.96 Å². The largest absolute Gasteiger partial charge is 0.480 e. The van der Waals surface area contributed by atoms with E-state index in [1.807, 2.05) is 30.5 Å². The molecule has 1 aromatic heterocycles. The number of nitrogens with zero attached hydrogens (tertiary/aromatic N) is 1. The lowest BCUT2D eigenvalue weighted by Gasteiger charge is -2.23. The molecule has 0 radical (unpaired) electrons. The fourth-order valence-corrected chi connectivity index (χ4v) is 3.91. The third kappa shape index (κ3) is 8.27. The van der Waals surface area contributed by atoms with Gasteiger partial charge in [-0.05, 0) is 42.9 Å². The second-order valence-corrected chi connectivity index (χ2v) is 8.85. The summed E-state index contributed by atoms with van der Waals surface area (Å²) in [6.07, 6.45) is 4.77. The minimum atomic E-state index is -1.19. The maximum atomic E-state index is 13.0. The summed E-state index contributed by atoms with van der Waals surface area (Å²) in [5.41, 5.74) is 18.2. The number of nitrogens with two attached hydrogens (primary N) is 3. The molecule has 0 saturated heterocycles. The highest BCUT2D eigenvalue weighted by molar-refractivity contribution is 7.98. The molecule has 0 spiro atoms. The Morgan fingerprint density at radius 1 is 1.12 bits per heavy atom. The van der Waals surface area contributed by atoms with Gasteiger partial charge in [0.25, 0.3) is 0 Å². The highest BCUT2D eigenvalue weighted by atomic mass is 32.2. The molecule has 0 fully saturated rings. The first kappa shape index (κ1) is 27.0. The van der Waals surface area contributed by atoms with Crippen LogP contribution in [-0.2, 0) is 20.8 Å². The van der Waals surface area contributed by atoms with E-state index < -0.39 is 35.9 Å². The first-order valence-electron chi connectivity index (χ1n) is 10.9. The number of H-pyrrole nitrogens is 1. The van der Waals surface area contributed by atoms with E-state index in [0.717, 1.165) is 16.5 Å². The van der Waals surface area contributed by atoms with E-state index in [4.69, 9.17) is 17.2 Å². The number of fused-ring (bicyclic) bond motifs is 1. The Morgan fingerprint density at radius 3 is 2.50 bits per heavy atom. The topological polar surface area (TPSA) is 202 Å². The van der Waals surface area contributed by atoms with Crippen molar-refractivity contribution in [2.24, 2.45) is 22.2 Å². The number of benzene rings is 1. The maximum absolute atomic E-state index is 13.0. The van der Waals surface area contributed by atoms with Crippen LogP contribution in [0.3, 0.4) is 0 Å². The molecule has 2 rings (SSSR count). The number of thioether (sulfide) groups is 1. The summed E-state index contributed by atoms with van der Waals surface area (Å²) in [6, 6.07) is 4.55. The third-order valence-corrected chi connectivity index (χ3v) is 5.91. The summed E-state index contributed by atoms with van der Waals surface area (Å²) in [4.78, 5) is 44.4. The number of aromatic nitrogens is 1. The lowest BCUT2D eigenvalue weighted by Crippen LogP contribution is -2.55. The lowest BCUT2D eigenvalue weighted by molar-refractivity contribution is -0.142. The number of carboxylic acids is 1. The molecule has 0 saturated carbocycles. The average molecular weight is 492 g/mol. The number of carbonyl (C=O) groups excluding carboxylic acids is 2. The Kier molecular flexibility index (Phi) is 10.7. The first-order chi connectivity index (χ1) is 16.2. The highest BCUT2D eigenvalue weighted by Crippen LogP contribution is 2.19. The second-order valence-electron chi connectivity index (χ2n) is 7.86. The maximum Gasteiger partial charge on any atom is 0.326 e. The molecule has 0 aliphatic heterocycles. The average Bonchev–Trinajstić information content (AvgIpc) is 3.21. The van der Waals surface area contributed by atoms with Gasteiger partial charge in [-0.25, -0.2) is 4.79 Å². The van der Waals surface area contributed by atoms with Crippen molar-refractivity contribution in [3.8, 4) is 0 Å². The normalized spacial score (nSPS) is 13.6. The quantitative estimate of drug-likeness (QED) is 0.108. The fraction of sp³-hybridized carbons (Fsp3) is 0.455. The van der Waals surface area contributed by atoms with Crippen LogP contribution in [0.5, 0.6) is 0 Å². The monoisotopic (exact) mass is 491 g/mol. The number of carboxylic acid groups (broad SMARTS) is 1. The van der Waals surface area contributed by atoms with Crippen LogP contribution in [-0.4, -0.2) is 70.5 Å². The molecule has 3 atom stereocenters. The first-order valence-corrected chi connectivity index (χ1v) is 12.3. The lowest BCUT2D eigenvalue weighted by atomic mass is 10.0. The predicted molar refractivity (Wildman–Crippen MR) is 134 cm³/mol. The molecule has 0 aliphatic carbocycles. The molecule has 1 aromatic carbocycles. The van der Waals surface area contributed by atoms with Crippen molar-refractivity contribution < 1.29 is 19.5 Å². The van der Waals surface area contributed by atoms with Crippen molar-refractivity contribution in [1.29, 1.82) is 0 Å². The van der Waals surface area contributed by atoms with Crippen molar-refractivity contribution >= 4 is 46.4 Å². The molecule has 3 unspecified atom stereocenters. The number of hydrogen-bond donors (Lipinski definition) is 7. The third-order valence-electron chi connectivity index (χ3n) is 5.26. The predicted octanol–water partition coefficient (Wildman–Crippen LogP) is -0.101. The molecule has 34 heavy (non-hydrogen) atoms. The van der Waals surface area contributed by atoms with E-state index in [1.165, 1.54) is 0 Å². The molecule has 2 amide bonds. The molecule has 1 heterocycles. The van der Waals surface area contributed by atoms with E-state index in [1.54, 1.807) is 18.0 Å². The van der Waals surface area contributed by atoms with Crippen LogP contribution in [0.1, 0.15) is 24.8 Å². The van der Waals surface area contributed by atoms with E-state index in [0.29, 0.717) is 18.6 Å². The van der Waals surface area contributed by atoms with Gasteiger partial charge in [-0.3, -0.25) is 14.6 Å². The zero-order valence-electron chi connectivity index (χ0n) is 19.1. The van der Waals surface area contributed by atoms with Gasteiger partial charge in [0.2, 0.25) is 11.8 Å². The van der Waals surface area contributed by atoms with Gasteiger partial charge in [-0.15, -0.1) is 0 Å². The number of aliphatic imine (C=N–C) groups is 1. The van der Waals surface area contributed by atoms with Crippen LogP contribution >= 0.6 is 11.8 Å². The van der Waals surface area contributed by atoms with Crippen LogP contribution < -0.4 is 27.8 Å². The molecular weight excluding hydrogens is 458 g/mol. The Balaban J connectivity index is 2.11. The van der Waals surface area contributed by atoms with Crippen LogP contribution in [0.25, 0.3) is 10.9 Å². The fourth-order valence-electron chi connectivity index (χ4n) is 3.42. The van der Waals surface area contributed by atoms with Crippen molar-refractivity contribution in [1.82, 2.24) is 15.6 Å². The van der Waals surface area contributed by atoms with Crippen LogP contribution in [0.4, 0.5) is 0 Å². The molecule has 186 valence electrons. The van der Waals surface area contributed by atoms with Crippen molar-refractivity contribution in [3.63, 3.8) is 0 Å². The number of amides is 2. The summed E-state index contributed by atoms with van der Waals surface area (Å²) in [7, 11) is 0. The molecule has 2 aromatic rings. The van der Waals surface area contributed by atoms with E-state index >= 15 is 0 Å². The minimum Gasteiger partial charge on any atom is -0.480 e. The van der Waals surface area contributed by atoms with Gasteiger partial charge < -0.3 is 37.9 Å². The summed E-state index contributed by atoms with van der Waals surface area (Å²) < 4.78 is 0. The van der Waals surface area contributed by atoms with Crippen molar-refractivity contribution in [2.75, 3.05) is 18.6 Å². The van der Waals surface area contributed by atoms with Gasteiger partial charge in [-0.1, -0.05) is 18.2 Å². The Morgan fingerprint density at radius 2 is 1.82 bits per heavy atom. The smallest absolute Gasteiger partial charge is 0.326 e. The minimum absolute atomic E-state index is 0.0752. The van der Waals surface area contributed by atoms with Gasteiger partial charge in [0.05, 0.1) is 6.04 Å². The number of aliphatic carboxylic acids is 1. The Labute approximate surface area is 202 Å². The van der Waals surface area contributed by atoms with Gasteiger partial charge >= 0.3 is 5.97 Å². The SMILES string of the molecule is CSCCC(N)C(=O)NC(CCCN=C(N)N)C(=O)NC(Cc1c[nH]c2ccccc12)C(=O)O. The van der Waals surface area contributed by atoms with Crippen LogP contribution in [0.2, 0.25) is 0 Å². The molecule has 0 bridgehead atoms. The van der Waals surface area contributed by atoms with Crippen molar-refractivity contribution in [3.05, 3.63) is 36.0 Å². The standard InChI is InChI=1S/C22H33N7O4S/c1-34-10-8-15(23)19(30)28-17(7-4-9-26-22(24)25)20(31)29-18(21(32)33)11-13-12-27-16-6-3-2-5-14(13)16/h2-3,5-6,12,15,17-18,27H,4,7-11,23H2,1H3,(H,28,30)(H,29,31)(H,32,33)(H4,24,25,26). The molecular formula is C22H33N7O4S. The van der Waals surface area contributed by atoms with Crippen molar-refractivity contribution in [2.45, 2.75) is 43.8 Å². The number of hydrogen-bond acceptors (Lipinski definition) is 6.